The van der Waals surface area contributed by atoms with Crippen LogP contribution in [-0.2, 0) is 20.7 Å². The van der Waals surface area contributed by atoms with Crippen LogP contribution in [0.15, 0.2) is 42.5 Å². The van der Waals surface area contributed by atoms with Crippen LogP contribution in [0.4, 0.5) is 0 Å². The molecule has 2 rings (SSSR count). The van der Waals surface area contributed by atoms with Gasteiger partial charge in [-0.05, 0) is 47.7 Å². The van der Waals surface area contributed by atoms with Crippen LogP contribution in [0.1, 0.15) is 43.9 Å². The lowest BCUT2D eigenvalue weighted by molar-refractivity contribution is -0.145. The highest BCUT2D eigenvalue weighted by atomic mass is 35.5. The summed E-state index contributed by atoms with van der Waals surface area (Å²) in [4.78, 5) is 24.8. The summed E-state index contributed by atoms with van der Waals surface area (Å²) in [6, 6.07) is 11.1. The maximum absolute atomic E-state index is 12.5. The zero-order valence-electron chi connectivity index (χ0n) is 17.4. The van der Waals surface area contributed by atoms with Crippen LogP contribution in [-0.4, -0.2) is 25.6 Å². The largest absolute Gasteiger partial charge is 0.493 e. The van der Waals surface area contributed by atoms with Crippen LogP contribution in [0.3, 0.4) is 0 Å². The van der Waals surface area contributed by atoms with Gasteiger partial charge in [-0.3, -0.25) is 4.79 Å². The van der Waals surface area contributed by atoms with E-state index in [2.05, 4.69) is 19.2 Å². The van der Waals surface area contributed by atoms with E-state index in [0.29, 0.717) is 39.4 Å². The van der Waals surface area contributed by atoms with Gasteiger partial charge in [0.25, 0.3) is 0 Å². The Bertz CT molecular complexity index is 855. The van der Waals surface area contributed by atoms with Crippen molar-refractivity contribution in [1.82, 2.24) is 5.32 Å². The first kappa shape index (κ1) is 24.0. The molecular weight excluding hydrogens is 425 g/mol. The van der Waals surface area contributed by atoms with Crippen molar-refractivity contribution in [2.24, 2.45) is 5.92 Å². The zero-order chi connectivity index (χ0) is 22.1. The molecule has 7 heteroatoms. The highest BCUT2D eigenvalue weighted by Gasteiger charge is 2.24. The fraction of sp³-hybridized carbons (Fsp3) is 0.391. The van der Waals surface area contributed by atoms with Crippen molar-refractivity contribution in [2.75, 3.05) is 13.7 Å². The minimum Gasteiger partial charge on any atom is -0.493 e. The molecule has 0 saturated carbocycles. The second kappa shape index (κ2) is 11.8. The van der Waals surface area contributed by atoms with Gasteiger partial charge in [-0.15, -0.1) is 0 Å². The third kappa shape index (κ3) is 7.22. The third-order valence-corrected chi connectivity index (χ3v) is 5.36. The molecule has 0 aliphatic rings. The first-order valence-electron chi connectivity index (χ1n) is 9.87. The lowest BCUT2D eigenvalue weighted by Gasteiger charge is -2.18. The number of hydrogen-bond acceptors (Lipinski definition) is 4. The molecule has 0 radical (unpaired) electrons. The van der Waals surface area contributed by atoms with Crippen LogP contribution in [0.2, 0.25) is 10.0 Å². The van der Waals surface area contributed by atoms with Gasteiger partial charge in [-0.1, -0.05) is 61.7 Å². The Kier molecular flexibility index (Phi) is 9.47. The Balaban J connectivity index is 2.05. The Morgan fingerprint density at radius 2 is 1.77 bits per heavy atom. The van der Waals surface area contributed by atoms with E-state index in [1.807, 2.05) is 0 Å². The molecule has 0 heterocycles. The average Bonchev–Trinajstić information content (AvgIpc) is 2.73. The summed E-state index contributed by atoms with van der Waals surface area (Å²) in [6.45, 7) is 4.93. The first-order chi connectivity index (χ1) is 14.3. The van der Waals surface area contributed by atoms with Crippen molar-refractivity contribution in [2.45, 2.75) is 39.2 Å². The Morgan fingerprint density at radius 3 is 2.37 bits per heavy atom. The molecule has 0 aliphatic heterocycles. The van der Waals surface area contributed by atoms with Crippen LogP contribution < -0.4 is 10.1 Å². The smallest absolute Gasteiger partial charge is 0.333 e. The highest BCUT2D eigenvalue weighted by Crippen LogP contribution is 2.23. The molecule has 2 aromatic carbocycles. The molecule has 1 amide bonds. The summed E-state index contributed by atoms with van der Waals surface area (Å²) in [5, 5.41) is 3.51. The van der Waals surface area contributed by atoms with Crippen LogP contribution in [0, 0.1) is 5.92 Å². The monoisotopic (exact) mass is 451 g/mol. The number of nitrogens with one attached hydrogen (secondary N) is 1. The van der Waals surface area contributed by atoms with Crippen molar-refractivity contribution < 1.29 is 19.1 Å². The minimum atomic E-state index is -0.918. The Hall–Kier alpha value is -2.24. The second-order valence-electron chi connectivity index (χ2n) is 7.22. The number of benzene rings is 2. The maximum Gasteiger partial charge on any atom is 0.333 e. The van der Waals surface area contributed by atoms with Crippen LogP contribution in [0.25, 0.3) is 0 Å². The summed E-state index contributed by atoms with van der Waals surface area (Å²) in [5.74, 6) is 0.297. The van der Waals surface area contributed by atoms with E-state index in [-0.39, 0.29) is 12.3 Å². The topological polar surface area (TPSA) is 64.6 Å². The lowest BCUT2D eigenvalue weighted by atomic mass is 10.1. The fourth-order valence-corrected chi connectivity index (χ4v) is 3.34. The van der Waals surface area contributed by atoms with Gasteiger partial charge in [0.05, 0.1) is 30.2 Å². The van der Waals surface area contributed by atoms with Crippen molar-refractivity contribution in [1.29, 1.82) is 0 Å². The van der Waals surface area contributed by atoms with Gasteiger partial charge in [-0.25, -0.2) is 4.79 Å². The quantitative estimate of drug-likeness (QED) is 0.492. The van der Waals surface area contributed by atoms with E-state index in [9.17, 15) is 9.59 Å². The summed E-state index contributed by atoms with van der Waals surface area (Å²) >= 11 is 11.9. The molecule has 2 atom stereocenters. The number of rotatable bonds is 10. The van der Waals surface area contributed by atoms with Gasteiger partial charge in [0.15, 0.2) is 6.04 Å². The predicted molar refractivity (Wildman–Crippen MR) is 119 cm³/mol. The van der Waals surface area contributed by atoms with Crippen LogP contribution >= 0.6 is 23.2 Å². The van der Waals surface area contributed by atoms with E-state index >= 15 is 0 Å². The average molecular weight is 452 g/mol. The normalized spacial score (nSPS) is 12.7. The molecule has 2 aromatic rings. The molecule has 162 valence electrons. The van der Waals surface area contributed by atoms with E-state index in [4.69, 9.17) is 32.7 Å². The number of methoxy groups -OCH3 is 1. The molecule has 5 nitrogen and oxygen atoms in total. The molecule has 0 fully saturated rings. The molecule has 0 saturated heterocycles. The summed E-state index contributed by atoms with van der Waals surface area (Å²) < 4.78 is 10.7. The van der Waals surface area contributed by atoms with E-state index in [0.717, 1.165) is 12.8 Å². The SMILES string of the molecule is CCCC(C)COc1ccc([C@@H](NC(=O)Cc2ccc(Cl)c(Cl)c2)C(=O)OC)cc1. The highest BCUT2D eigenvalue weighted by molar-refractivity contribution is 6.42. The summed E-state index contributed by atoms with van der Waals surface area (Å²) in [7, 11) is 1.28. The number of carbonyl (C=O) groups excluding carboxylic acids is 2. The van der Waals surface area contributed by atoms with Crippen molar-refractivity contribution >= 4 is 35.1 Å². The zero-order valence-corrected chi connectivity index (χ0v) is 18.9. The molecule has 30 heavy (non-hydrogen) atoms. The van der Waals surface area contributed by atoms with Gasteiger partial charge in [0.2, 0.25) is 5.91 Å². The van der Waals surface area contributed by atoms with Crippen molar-refractivity contribution in [3.63, 3.8) is 0 Å². The second-order valence-corrected chi connectivity index (χ2v) is 8.04. The Morgan fingerprint density at radius 1 is 1.07 bits per heavy atom. The summed E-state index contributed by atoms with van der Waals surface area (Å²) in [5.41, 5.74) is 1.30. The fourth-order valence-electron chi connectivity index (χ4n) is 3.01. The molecule has 1 unspecified atom stereocenters. The Labute approximate surface area is 187 Å². The number of halogens is 2. The predicted octanol–water partition coefficient (Wildman–Crippen LogP) is 5.38. The van der Waals surface area contributed by atoms with Gasteiger partial charge in [0.1, 0.15) is 5.75 Å². The standard InChI is InChI=1S/C23H27Cl2NO4/c1-4-5-15(2)14-30-18-9-7-17(8-10-18)22(23(28)29-3)26-21(27)13-16-6-11-19(24)20(25)12-16/h6-12,15,22H,4-5,13-14H2,1-3H3,(H,26,27)/t15?,22-/m1/s1. The summed E-state index contributed by atoms with van der Waals surface area (Å²) in [6.07, 6.45) is 2.28. The molecule has 0 aliphatic carbocycles. The molecule has 0 aromatic heterocycles. The number of ether oxygens (including phenoxy) is 2. The van der Waals surface area contributed by atoms with E-state index in [1.165, 1.54) is 7.11 Å². The first-order valence-corrected chi connectivity index (χ1v) is 10.6. The number of hydrogen-bond donors (Lipinski definition) is 1. The van der Waals surface area contributed by atoms with Gasteiger partial charge < -0.3 is 14.8 Å². The number of esters is 1. The molecule has 1 N–H and O–H groups in total. The van der Waals surface area contributed by atoms with Gasteiger partial charge in [0, 0.05) is 0 Å². The molecule has 0 spiro atoms. The maximum atomic E-state index is 12.5. The third-order valence-electron chi connectivity index (χ3n) is 4.62. The number of amides is 1. The van der Waals surface area contributed by atoms with Crippen molar-refractivity contribution in [3.05, 3.63) is 63.6 Å². The van der Waals surface area contributed by atoms with E-state index < -0.39 is 12.0 Å². The van der Waals surface area contributed by atoms with Gasteiger partial charge in [-0.2, -0.15) is 0 Å². The number of carbonyl (C=O) groups is 2. The van der Waals surface area contributed by atoms with E-state index in [1.54, 1.807) is 42.5 Å². The lowest BCUT2D eigenvalue weighted by Crippen LogP contribution is -2.35. The molecule has 0 bridgehead atoms. The van der Waals surface area contributed by atoms with Gasteiger partial charge >= 0.3 is 5.97 Å². The minimum absolute atomic E-state index is 0.0564. The van der Waals surface area contributed by atoms with Crippen molar-refractivity contribution in [3.8, 4) is 5.75 Å². The molecular formula is C23H27Cl2NO4. The van der Waals surface area contributed by atoms with Crippen LogP contribution in [0.5, 0.6) is 5.75 Å².